The van der Waals surface area contributed by atoms with Gasteiger partial charge in [-0.25, -0.2) is 0 Å². The summed E-state index contributed by atoms with van der Waals surface area (Å²) < 4.78 is 0. The second-order valence-corrected chi connectivity index (χ2v) is 6.14. The minimum atomic E-state index is -0.692. The van der Waals surface area contributed by atoms with Crippen molar-refractivity contribution in [1.29, 1.82) is 0 Å². The van der Waals surface area contributed by atoms with Crippen molar-refractivity contribution in [3.05, 3.63) is 33.9 Å². The molecule has 1 aliphatic rings. The van der Waals surface area contributed by atoms with Crippen LogP contribution in [0.4, 0.5) is 11.4 Å². The van der Waals surface area contributed by atoms with Gasteiger partial charge in [0.05, 0.1) is 10.5 Å². The largest absolute Gasteiger partial charge is 0.388 e. The molecular weight excluding hydrogens is 268 g/mol. The second-order valence-electron chi connectivity index (χ2n) is 6.14. The summed E-state index contributed by atoms with van der Waals surface area (Å²) in [6, 6.07) is 5.00. The first kappa shape index (κ1) is 15.8. The van der Waals surface area contributed by atoms with Crippen LogP contribution in [0, 0.1) is 23.0 Å². The fourth-order valence-electron chi connectivity index (χ4n) is 3.07. The molecule has 0 radical (unpaired) electrons. The smallest absolute Gasteiger partial charge is 0.274 e. The molecule has 1 fully saturated rings. The quantitative estimate of drug-likeness (QED) is 0.641. The molecular formula is C16H24N2O3. The predicted molar refractivity (Wildman–Crippen MR) is 83.5 cm³/mol. The second kappa shape index (κ2) is 6.43. The average molecular weight is 292 g/mol. The van der Waals surface area contributed by atoms with Crippen LogP contribution >= 0.6 is 0 Å². The third kappa shape index (κ3) is 3.73. The van der Waals surface area contributed by atoms with Crippen molar-refractivity contribution in [2.75, 3.05) is 11.9 Å². The molecule has 0 aromatic heterocycles. The van der Waals surface area contributed by atoms with Crippen LogP contribution in [0.2, 0.25) is 0 Å². The van der Waals surface area contributed by atoms with Gasteiger partial charge in [-0.3, -0.25) is 10.1 Å². The van der Waals surface area contributed by atoms with E-state index in [0.29, 0.717) is 12.1 Å². The first-order chi connectivity index (χ1) is 9.95. The summed E-state index contributed by atoms with van der Waals surface area (Å²) in [7, 11) is 0. The number of nitro benzene ring substituents is 1. The Hall–Kier alpha value is -1.62. The van der Waals surface area contributed by atoms with E-state index in [2.05, 4.69) is 12.2 Å². The molecule has 0 heterocycles. The van der Waals surface area contributed by atoms with E-state index >= 15 is 0 Å². The number of nitrogens with zero attached hydrogens (tertiary/aromatic N) is 1. The van der Waals surface area contributed by atoms with Crippen LogP contribution in [0.15, 0.2) is 18.2 Å². The van der Waals surface area contributed by atoms with E-state index in [1.807, 2.05) is 6.07 Å². The predicted octanol–water partition coefficient (Wildman–Crippen LogP) is 3.65. The van der Waals surface area contributed by atoms with Gasteiger partial charge in [0.2, 0.25) is 0 Å². The van der Waals surface area contributed by atoms with Crippen LogP contribution in [0.1, 0.15) is 44.6 Å². The number of hydrogen-bond donors (Lipinski definition) is 2. The van der Waals surface area contributed by atoms with Gasteiger partial charge in [-0.15, -0.1) is 0 Å². The average Bonchev–Trinajstić information content (AvgIpc) is 2.47. The maximum Gasteiger partial charge on any atom is 0.274 e. The molecule has 1 aliphatic carbocycles. The Labute approximate surface area is 125 Å². The van der Waals surface area contributed by atoms with Gasteiger partial charge in [-0.05, 0) is 44.6 Å². The fourth-order valence-corrected chi connectivity index (χ4v) is 3.07. The molecule has 0 aliphatic heterocycles. The van der Waals surface area contributed by atoms with Gasteiger partial charge in [-0.2, -0.15) is 0 Å². The molecule has 0 spiro atoms. The topological polar surface area (TPSA) is 75.4 Å². The SMILES string of the molecule is CCC1CCC(O)(CNc2cccc([N+](=O)[O-])c2C)CC1. The standard InChI is InChI=1S/C16H24N2O3/c1-3-13-7-9-16(19,10-8-13)11-17-14-5-4-6-15(12(14)2)18(20)21/h4-6,13,17,19H,3,7-11H2,1-2H3. The van der Waals surface area contributed by atoms with Crippen molar-refractivity contribution in [3.63, 3.8) is 0 Å². The van der Waals surface area contributed by atoms with Crippen LogP contribution in [0.5, 0.6) is 0 Å². The molecule has 1 saturated carbocycles. The number of anilines is 1. The Bertz CT molecular complexity index is 508. The Morgan fingerprint density at radius 3 is 2.67 bits per heavy atom. The third-order valence-electron chi connectivity index (χ3n) is 4.72. The minimum Gasteiger partial charge on any atom is -0.388 e. The number of hydrogen-bond acceptors (Lipinski definition) is 4. The lowest BCUT2D eigenvalue weighted by Gasteiger charge is -2.36. The van der Waals surface area contributed by atoms with E-state index in [-0.39, 0.29) is 10.6 Å². The maximum absolute atomic E-state index is 10.9. The number of aliphatic hydroxyl groups is 1. The molecule has 21 heavy (non-hydrogen) atoms. The first-order valence-electron chi connectivity index (χ1n) is 7.65. The van der Waals surface area contributed by atoms with Gasteiger partial charge in [0.15, 0.2) is 0 Å². The van der Waals surface area contributed by atoms with Gasteiger partial charge >= 0.3 is 0 Å². The lowest BCUT2D eigenvalue weighted by Crippen LogP contribution is -2.40. The summed E-state index contributed by atoms with van der Waals surface area (Å²) in [6.07, 6.45) is 4.89. The number of benzene rings is 1. The minimum absolute atomic E-state index is 0.113. The summed E-state index contributed by atoms with van der Waals surface area (Å²) >= 11 is 0. The number of nitrogens with one attached hydrogen (secondary N) is 1. The van der Waals surface area contributed by atoms with E-state index < -0.39 is 5.60 Å². The molecule has 0 atom stereocenters. The van der Waals surface area contributed by atoms with E-state index in [0.717, 1.165) is 37.3 Å². The van der Waals surface area contributed by atoms with Crippen LogP contribution in [0.3, 0.4) is 0 Å². The van der Waals surface area contributed by atoms with Crippen molar-refractivity contribution >= 4 is 11.4 Å². The lowest BCUT2D eigenvalue weighted by molar-refractivity contribution is -0.385. The van der Waals surface area contributed by atoms with Gasteiger partial charge in [0.1, 0.15) is 0 Å². The van der Waals surface area contributed by atoms with Crippen molar-refractivity contribution < 1.29 is 10.0 Å². The Balaban J connectivity index is 2.00. The molecule has 0 amide bonds. The summed E-state index contributed by atoms with van der Waals surface area (Å²) in [5.41, 5.74) is 0.771. The number of rotatable bonds is 5. The summed E-state index contributed by atoms with van der Waals surface area (Å²) in [5.74, 6) is 0.727. The summed E-state index contributed by atoms with van der Waals surface area (Å²) in [5, 5.41) is 24.8. The van der Waals surface area contributed by atoms with Gasteiger partial charge in [0.25, 0.3) is 5.69 Å². The number of nitro groups is 1. The van der Waals surface area contributed by atoms with E-state index in [1.165, 1.54) is 12.5 Å². The highest BCUT2D eigenvalue weighted by Gasteiger charge is 2.32. The van der Waals surface area contributed by atoms with Gasteiger partial charge < -0.3 is 10.4 Å². The zero-order valence-corrected chi connectivity index (χ0v) is 12.8. The van der Waals surface area contributed by atoms with Crippen molar-refractivity contribution in [1.82, 2.24) is 0 Å². The molecule has 2 rings (SSSR count). The van der Waals surface area contributed by atoms with Crippen molar-refractivity contribution in [3.8, 4) is 0 Å². The zero-order chi connectivity index (χ0) is 15.5. The molecule has 0 unspecified atom stereocenters. The Morgan fingerprint density at radius 1 is 1.43 bits per heavy atom. The van der Waals surface area contributed by atoms with Crippen LogP contribution in [-0.4, -0.2) is 22.2 Å². The highest BCUT2D eigenvalue weighted by molar-refractivity contribution is 5.59. The van der Waals surface area contributed by atoms with Crippen LogP contribution in [0.25, 0.3) is 0 Å². The summed E-state index contributed by atoms with van der Waals surface area (Å²) in [6.45, 7) is 4.38. The molecule has 1 aromatic rings. The summed E-state index contributed by atoms with van der Waals surface area (Å²) in [4.78, 5) is 10.6. The molecule has 116 valence electrons. The monoisotopic (exact) mass is 292 g/mol. The lowest BCUT2D eigenvalue weighted by atomic mass is 9.78. The normalized spacial score (nSPS) is 25.6. The van der Waals surface area contributed by atoms with E-state index in [9.17, 15) is 15.2 Å². The maximum atomic E-state index is 10.9. The Morgan fingerprint density at radius 2 is 2.10 bits per heavy atom. The van der Waals surface area contributed by atoms with Gasteiger partial charge in [-0.1, -0.05) is 19.4 Å². The molecule has 2 N–H and O–H groups in total. The molecule has 0 saturated heterocycles. The molecule has 1 aromatic carbocycles. The van der Waals surface area contributed by atoms with E-state index in [4.69, 9.17) is 0 Å². The Kier molecular flexibility index (Phi) is 4.83. The van der Waals surface area contributed by atoms with Crippen LogP contribution < -0.4 is 5.32 Å². The van der Waals surface area contributed by atoms with Crippen molar-refractivity contribution in [2.24, 2.45) is 5.92 Å². The van der Waals surface area contributed by atoms with Gasteiger partial charge in [0, 0.05) is 23.9 Å². The first-order valence-corrected chi connectivity index (χ1v) is 7.65. The van der Waals surface area contributed by atoms with Crippen LogP contribution in [-0.2, 0) is 0 Å². The third-order valence-corrected chi connectivity index (χ3v) is 4.72. The highest BCUT2D eigenvalue weighted by Crippen LogP contribution is 2.34. The molecule has 5 heteroatoms. The zero-order valence-electron chi connectivity index (χ0n) is 12.8. The molecule has 5 nitrogen and oxygen atoms in total. The molecule has 0 bridgehead atoms. The van der Waals surface area contributed by atoms with Crippen molar-refractivity contribution in [2.45, 2.75) is 51.6 Å². The highest BCUT2D eigenvalue weighted by atomic mass is 16.6. The fraction of sp³-hybridized carbons (Fsp3) is 0.625. The van der Waals surface area contributed by atoms with E-state index in [1.54, 1.807) is 13.0 Å².